The summed E-state index contributed by atoms with van der Waals surface area (Å²) in [5.41, 5.74) is 0.838. The highest BCUT2D eigenvalue weighted by Crippen LogP contribution is 2.65. The molecule has 0 radical (unpaired) electrons. The minimum absolute atomic E-state index is 0.0552. The summed E-state index contributed by atoms with van der Waals surface area (Å²) < 4.78 is 5.25. The Bertz CT molecular complexity index is 368. The lowest BCUT2D eigenvalue weighted by Gasteiger charge is -2.61. The van der Waals surface area contributed by atoms with Crippen molar-refractivity contribution in [3.63, 3.8) is 0 Å². The van der Waals surface area contributed by atoms with Crippen molar-refractivity contribution in [2.75, 3.05) is 6.61 Å². The van der Waals surface area contributed by atoms with Crippen molar-refractivity contribution in [2.45, 2.75) is 52.4 Å². The van der Waals surface area contributed by atoms with Gasteiger partial charge in [-0.3, -0.25) is 0 Å². The van der Waals surface area contributed by atoms with E-state index in [-0.39, 0.29) is 11.4 Å². The van der Waals surface area contributed by atoms with E-state index in [0.717, 1.165) is 23.8 Å². The molecule has 0 amide bonds. The molecule has 0 saturated heterocycles. The molecule has 2 heteroatoms. The first kappa shape index (κ1) is 13.2. The molecule has 4 aliphatic carbocycles. The molecule has 0 N–H and O–H groups in total. The zero-order valence-corrected chi connectivity index (χ0v) is 12.3. The fourth-order valence-electron chi connectivity index (χ4n) is 5.72. The van der Waals surface area contributed by atoms with Crippen LogP contribution in [0.1, 0.15) is 52.4 Å². The quantitative estimate of drug-likeness (QED) is 0.566. The van der Waals surface area contributed by atoms with Gasteiger partial charge in [0.05, 0.1) is 6.61 Å². The van der Waals surface area contributed by atoms with E-state index in [1.54, 1.807) is 0 Å². The highest BCUT2D eigenvalue weighted by Gasteiger charge is 2.58. The number of rotatable bonds is 4. The van der Waals surface area contributed by atoms with Crippen molar-refractivity contribution >= 4 is 5.97 Å². The second-order valence-electron chi connectivity index (χ2n) is 6.90. The van der Waals surface area contributed by atoms with E-state index < -0.39 is 0 Å². The lowest BCUT2D eigenvalue weighted by Crippen LogP contribution is -2.54. The molecule has 0 heterocycles. The van der Waals surface area contributed by atoms with Crippen molar-refractivity contribution < 1.29 is 9.53 Å². The molecule has 2 nitrogen and oxygen atoms in total. The summed E-state index contributed by atoms with van der Waals surface area (Å²) in [5.74, 6) is 3.09. The molecule has 4 aliphatic rings. The predicted molar refractivity (Wildman–Crippen MR) is 75.5 cm³/mol. The lowest BCUT2D eigenvalue weighted by molar-refractivity contribution is -0.146. The highest BCUT2D eigenvalue weighted by molar-refractivity contribution is 5.89. The summed E-state index contributed by atoms with van der Waals surface area (Å²) in [5, 5.41) is 0. The van der Waals surface area contributed by atoms with Gasteiger partial charge in [0.1, 0.15) is 0 Å². The molecule has 19 heavy (non-hydrogen) atoms. The van der Waals surface area contributed by atoms with E-state index in [1.165, 1.54) is 32.1 Å². The number of carbonyl (C=O) groups excluding carboxylic acids is 1. The average Bonchev–Trinajstić information content (AvgIpc) is 2.38. The highest BCUT2D eigenvalue weighted by atomic mass is 16.5. The van der Waals surface area contributed by atoms with Crippen LogP contribution in [0.5, 0.6) is 0 Å². The number of carbonyl (C=O) groups is 1. The Morgan fingerprint density at radius 3 is 2.05 bits per heavy atom. The molecule has 0 atom stereocenters. The molecule has 4 saturated carbocycles. The summed E-state index contributed by atoms with van der Waals surface area (Å²) in [4.78, 5) is 12.2. The molecule has 4 fully saturated rings. The second kappa shape index (κ2) is 4.64. The summed E-state index contributed by atoms with van der Waals surface area (Å²) in [6.45, 7) is 8.76. The van der Waals surface area contributed by atoms with E-state index in [1.807, 2.05) is 6.92 Å². The smallest absolute Gasteiger partial charge is 0.333 e. The first-order valence-electron chi connectivity index (χ1n) is 7.98. The third-order valence-corrected chi connectivity index (χ3v) is 6.26. The first-order valence-corrected chi connectivity index (χ1v) is 7.98. The Kier molecular flexibility index (Phi) is 3.23. The summed E-state index contributed by atoms with van der Waals surface area (Å²) in [7, 11) is 0. The number of esters is 1. The van der Waals surface area contributed by atoms with E-state index in [2.05, 4.69) is 13.5 Å². The van der Waals surface area contributed by atoms with Gasteiger partial charge in [-0.1, -0.05) is 13.5 Å². The Labute approximate surface area is 116 Å². The predicted octanol–water partition coefficient (Wildman–Crippen LogP) is 3.96. The average molecular weight is 262 g/mol. The molecular weight excluding hydrogens is 236 g/mol. The summed E-state index contributed by atoms with van der Waals surface area (Å²) in [6.07, 6.45) is 7.77. The van der Waals surface area contributed by atoms with Crippen LogP contribution in [0.3, 0.4) is 0 Å². The van der Waals surface area contributed by atoms with Crippen LogP contribution in [0.4, 0.5) is 0 Å². The Morgan fingerprint density at radius 2 is 1.63 bits per heavy atom. The Morgan fingerprint density at radius 1 is 1.11 bits per heavy atom. The van der Waals surface area contributed by atoms with Crippen molar-refractivity contribution in [3.05, 3.63) is 12.2 Å². The van der Waals surface area contributed by atoms with E-state index >= 15 is 0 Å². The maximum absolute atomic E-state index is 12.2. The van der Waals surface area contributed by atoms with E-state index in [9.17, 15) is 4.79 Å². The van der Waals surface area contributed by atoms with Crippen molar-refractivity contribution in [1.82, 2.24) is 0 Å². The van der Waals surface area contributed by atoms with Gasteiger partial charge in [-0.15, -0.1) is 0 Å². The van der Waals surface area contributed by atoms with Crippen LogP contribution in [-0.2, 0) is 9.53 Å². The molecule has 0 aromatic heterocycles. The van der Waals surface area contributed by atoms with E-state index in [4.69, 9.17) is 4.74 Å². The fourth-order valence-corrected chi connectivity index (χ4v) is 5.72. The van der Waals surface area contributed by atoms with Crippen LogP contribution >= 0.6 is 0 Å². The summed E-state index contributed by atoms with van der Waals surface area (Å²) >= 11 is 0. The lowest BCUT2D eigenvalue weighted by atomic mass is 9.43. The minimum atomic E-state index is -0.142. The molecule has 0 aromatic carbocycles. The van der Waals surface area contributed by atoms with Crippen molar-refractivity contribution in [1.29, 1.82) is 0 Å². The van der Waals surface area contributed by atoms with Gasteiger partial charge in [0.2, 0.25) is 0 Å². The minimum Gasteiger partial charge on any atom is -0.463 e. The molecule has 0 aliphatic heterocycles. The van der Waals surface area contributed by atoms with Crippen molar-refractivity contribution in [2.24, 2.45) is 29.1 Å². The largest absolute Gasteiger partial charge is 0.463 e. The number of hydrogen-bond donors (Lipinski definition) is 0. The van der Waals surface area contributed by atoms with E-state index in [0.29, 0.717) is 18.4 Å². The fraction of sp³-hybridized carbons (Fsp3) is 0.824. The molecule has 4 bridgehead atoms. The Balaban J connectivity index is 1.90. The molecule has 0 spiro atoms. The van der Waals surface area contributed by atoms with Gasteiger partial charge in [0.25, 0.3) is 0 Å². The molecule has 0 unspecified atom stereocenters. The maximum atomic E-state index is 12.2. The molecular formula is C17H26O2. The number of hydrogen-bond acceptors (Lipinski definition) is 2. The van der Waals surface area contributed by atoms with Gasteiger partial charge in [-0.25, -0.2) is 4.79 Å². The SMILES string of the molecule is C=C(C(=O)OCC)C1(CC)C2CC3CC(C2)CC1C3. The van der Waals surface area contributed by atoms with Gasteiger partial charge < -0.3 is 4.74 Å². The summed E-state index contributed by atoms with van der Waals surface area (Å²) in [6, 6.07) is 0. The second-order valence-corrected chi connectivity index (χ2v) is 6.90. The van der Waals surface area contributed by atoms with Gasteiger partial charge in [0, 0.05) is 11.0 Å². The van der Waals surface area contributed by atoms with Gasteiger partial charge >= 0.3 is 5.97 Å². The van der Waals surface area contributed by atoms with Crippen LogP contribution < -0.4 is 0 Å². The van der Waals surface area contributed by atoms with Gasteiger partial charge in [-0.2, -0.15) is 0 Å². The monoisotopic (exact) mass is 262 g/mol. The van der Waals surface area contributed by atoms with Crippen LogP contribution in [-0.4, -0.2) is 12.6 Å². The van der Waals surface area contributed by atoms with Crippen LogP contribution in [0.25, 0.3) is 0 Å². The molecule has 4 rings (SSSR count). The van der Waals surface area contributed by atoms with Crippen LogP contribution in [0.2, 0.25) is 0 Å². The first-order chi connectivity index (χ1) is 9.11. The topological polar surface area (TPSA) is 26.3 Å². The van der Waals surface area contributed by atoms with Gasteiger partial charge in [-0.05, 0) is 69.1 Å². The molecule has 106 valence electrons. The zero-order valence-electron chi connectivity index (χ0n) is 12.3. The zero-order chi connectivity index (χ0) is 13.6. The van der Waals surface area contributed by atoms with Crippen LogP contribution in [0, 0.1) is 29.1 Å². The Hall–Kier alpha value is -0.790. The third-order valence-electron chi connectivity index (χ3n) is 6.26. The normalized spacial score (nSPS) is 43.3. The van der Waals surface area contributed by atoms with Crippen molar-refractivity contribution in [3.8, 4) is 0 Å². The molecule has 0 aromatic rings. The van der Waals surface area contributed by atoms with Crippen LogP contribution in [0.15, 0.2) is 12.2 Å². The standard InChI is InChI=1S/C17H26O2/c1-4-17(11(3)16(18)19-5-2)14-7-12-6-13(9-14)10-15(17)8-12/h12-15H,3-10H2,1-2H3. The van der Waals surface area contributed by atoms with Gasteiger partial charge in [0.15, 0.2) is 0 Å². The number of ether oxygens (including phenoxy) is 1. The third kappa shape index (κ3) is 1.79. The maximum Gasteiger partial charge on any atom is 0.333 e.